The van der Waals surface area contributed by atoms with Crippen LogP contribution in [0.2, 0.25) is 0 Å². The maximum absolute atomic E-state index is 15.4. The molecule has 1 saturated heterocycles. The molecular weight excluding hydrogens is 474 g/mol. The molecule has 3 aromatic carbocycles. The third-order valence-corrected chi connectivity index (χ3v) is 6.49. The Morgan fingerprint density at radius 2 is 1.46 bits per heavy atom. The summed E-state index contributed by atoms with van der Waals surface area (Å²) in [5, 5.41) is 9.42. The summed E-state index contributed by atoms with van der Waals surface area (Å²) < 4.78 is 42.6. The van der Waals surface area contributed by atoms with Gasteiger partial charge in [-0.3, -0.25) is 0 Å². The lowest BCUT2D eigenvalue weighted by atomic mass is 10.0. The molecule has 7 heteroatoms. The Labute approximate surface area is 214 Å². The minimum atomic E-state index is -0.702. The van der Waals surface area contributed by atoms with E-state index in [1.165, 1.54) is 12.1 Å². The van der Waals surface area contributed by atoms with Gasteiger partial charge in [0, 0.05) is 37.4 Å². The molecule has 1 atom stereocenters. The van der Waals surface area contributed by atoms with Gasteiger partial charge in [-0.15, -0.1) is 0 Å². The fraction of sp³-hybridized carbons (Fsp3) is 0.233. The Balaban J connectivity index is 1.45. The van der Waals surface area contributed by atoms with Gasteiger partial charge in [0.2, 0.25) is 11.8 Å². The van der Waals surface area contributed by atoms with E-state index in [4.69, 9.17) is 9.47 Å². The van der Waals surface area contributed by atoms with Gasteiger partial charge in [0.25, 0.3) is 0 Å². The number of anilines is 1. The molecule has 1 aromatic heterocycles. The fourth-order valence-corrected chi connectivity index (χ4v) is 4.48. The monoisotopic (exact) mass is 502 g/mol. The highest BCUT2D eigenvalue weighted by molar-refractivity contribution is 5.72. The van der Waals surface area contributed by atoms with Crippen LogP contribution in [0, 0.1) is 17.6 Å². The summed E-state index contributed by atoms with van der Waals surface area (Å²) in [4.78, 5) is 6.36. The summed E-state index contributed by atoms with van der Waals surface area (Å²) in [6, 6.07) is 25.0. The van der Waals surface area contributed by atoms with E-state index >= 15 is 8.78 Å². The average molecular weight is 503 g/mol. The van der Waals surface area contributed by atoms with Crippen LogP contribution >= 0.6 is 0 Å². The number of benzene rings is 3. The lowest BCUT2D eigenvalue weighted by Gasteiger charge is -2.20. The van der Waals surface area contributed by atoms with Crippen LogP contribution < -0.4 is 14.4 Å². The first-order valence-electron chi connectivity index (χ1n) is 12.3. The third kappa shape index (κ3) is 5.89. The Hall–Kier alpha value is -3.97. The molecule has 0 radical (unpaired) electrons. The quantitative estimate of drug-likeness (QED) is 0.304. The molecule has 190 valence electrons. The highest BCUT2D eigenvalue weighted by Crippen LogP contribution is 2.37. The van der Waals surface area contributed by atoms with Gasteiger partial charge < -0.3 is 19.5 Å². The Kier molecular flexibility index (Phi) is 7.61. The van der Waals surface area contributed by atoms with Crippen LogP contribution in [0.4, 0.5) is 14.5 Å². The maximum Gasteiger partial charge on any atom is 0.225 e. The molecule has 1 fully saturated rings. The van der Waals surface area contributed by atoms with Crippen LogP contribution in [0.3, 0.4) is 0 Å². The number of rotatable bonds is 9. The lowest BCUT2D eigenvalue weighted by molar-refractivity contribution is 0.238. The number of hydrogen-bond donors (Lipinski definition) is 1. The summed E-state index contributed by atoms with van der Waals surface area (Å²) >= 11 is 0. The smallest absolute Gasteiger partial charge is 0.225 e. The van der Waals surface area contributed by atoms with Crippen molar-refractivity contribution in [2.75, 3.05) is 24.6 Å². The molecule has 0 bridgehead atoms. The molecule has 5 nitrogen and oxygen atoms in total. The van der Waals surface area contributed by atoms with E-state index in [-0.39, 0.29) is 36.1 Å². The fourth-order valence-electron chi connectivity index (χ4n) is 4.48. The zero-order chi connectivity index (χ0) is 25.6. The molecule has 2 heterocycles. The maximum atomic E-state index is 15.4. The molecular formula is C30H28F2N2O3. The van der Waals surface area contributed by atoms with Gasteiger partial charge in [0.05, 0.1) is 11.1 Å². The number of aromatic nitrogens is 1. The van der Waals surface area contributed by atoms with Crippen molar-refractivity contribution in [1.29, 1.82) is 0 Å². The van der Waals surface area contributed by atoms with Gasteiger partial charge in [-0.05, 0) is 35.7 Å². The van der Waals surface area contributed by atoms with Gasteiger partial charge in [-0.25, -0.2) is 8.78 Å². The highest BCUT2D eigenvalue weighted by Gasteiger charge is 2.25. The second-order valence-corrected chi connectivity index (χ2v) is 9.12. The zero-order valence-corrected chi connectivity index (χ0v) is 20.3. The van der Waals surface area contributed by atoms with E-state index in [1.54, 1.807) is 12.1 Å². The predicted octanol–water partition coefficient (Wildman–Crippen LogP) is 6.00. The van der Waals surface area contributed by atoms with Gasteiger partial charge in [-0.1, -0.05) is 60.7 Å². The Morgan fingerprint density at radius 3 is 2.05 bits per heavy atom. The average Bonchev–Trinajstić information content (AvgIpc) is 3.42. The third-order valence-electron chi connectivity index (χ3n) is 6.49. The van der Waals surface area contributed by atoms with Crippen molar-refractivity contribution in [3.63, 3.8) is 0 Å². The van der Waals surface area contributed by atoms with E-state index in [9.17, 15) is 5.11 Å². The molecule has 1 aliphatic rings. The second kappa shape index (κ2) is 11.4. The van der Waals surface area contributed by atoms with Crippen LogP contribution in [0.5, 0.6) is 11.8 Å². The van der Waals surface area contributed by atoms with Gasteiger partial charge in [0.1, 0.15) is 24.8 Å². The van der Waals surface area contributed by atoms with E-state index in [0.717, 1.165) is 17.5 Å². The number of nitrogens with zero attached hydrogens (tertiary/aromatic N) is 2. The van der Waals surface area contributed by atoms with Crippen molar-refractivity contribution >= 4 is 5.69 Å². The molecule has 0 unspecified atom stereocenters. The largest absolute Gasteiger partial charge is 0.473 e. The number of pyridine rings is 1. The summed E-state index contributed by atoms with van der Waals surface area (Å²) in [5.41, 5.74) is 2.33. The number of hydrogen-bond acceptors (Lipinski definition) is 5. The zero-order valence-electron chi connectivity index (χ0n) is 20.3. The predicted molar refractivity (Wildman–Crippen MR) is 139 cm³/mol. The van der Waals surface area contributed by atoms with Gasteiger partial charge in [0.15, 0.2) is 0 Å². The minimum absolute atomic E-state index is 0.0615. The lowest BCUT2D eigenvalue weighted by Crippen LogP contribution is -2.21. The second-order valence-electron chi connectivity index (χ2n) is 9.12. The van der Waals surface area contributed by atoms with E-state index in [1.807, 2.05) is 65.6 Å². The van der Waals surface area contributed by atoms with E-state index < -0.39 is 11.6 Å². The molecule has 0 spiro atoms. The van der Waals surface area contributed by atoms with E-state index in [0.29, 0.717) is 31.3 Å². The standard InChI is InChI=1S/C30H28F2N2O3/c31-26-15-24(34-14-13-23(17-34)18-35)16-27(32)29(26)25-11-12-28(36-19-21-7-3-1-4-8-21)33-30(25)37-20-22-9-5-2-6-10-22/h1-12,15-16,23,35H,13-14,17-20H2/t23-/m1/s1. The summed E-state index contributed by atoms with van der Waals surface area (Å²) in [6.07, 6.45) is 0.785. The summed E-state index contributed by atoms with van der Waals surface area (Å²) in [5.74, 6) is -0.920. The number of aliphatic hydroxyl groups excluding tert-OH is 1. The van der Waals surface area contributed by atoms with Crippen molar-refractivity contribution in [2.45, 2.75) is 19.6 Å². The van der Waals surface area contributed by atoms with Crippen molar-refractivity contribution in [3.05, 3.63) is 108 Å². The van der Waals surface area contributed by atoms with Crippen LogP contribution in [-0.2, 0) is 13.2 Å². The van der Waals surface area contributed by atoms with E-state index in [2.05, 4.69) is 4.98 Å². The van der Waals surface area contributed by atoms with Gasteiger partial charge in [-0.2, -0.15) is 4.98 Å². The van der Waals surface area contributed by atoms with Crippen molar-refractivity contribution < 1.29 is 23.4 Å². The SMILES string of the molecule is OC[C@@H]1CCN(c2cc(F)c(-c3ccc(OCc4ccccc4)nc3OCc3ccccc3)c(F)c2)C1. The number of aliphatic hydroxyl groups is 1. The molecule has 5 rings (SSSR count). The molecule has 1 N–H and O–H groups in total. The Morgan fingerprint density at radius 1 is 0.838 bits per heavy atom. The van der Waals surface area contributed by atoms with Crippen LogP contribution in [0.1, 0.15) is 17.5 Å². The minimum Gasteiger partial charge on any atom is -0.473 e. The normalized spacial score (nSPS) is 15.1. The van der Waals surface area contributed by atoms with Crippen molar-refractivity contribution in [2.24, 2.45) is 5.92 Å². The van der Waals surface area contributed by atoms with Crippen molar-refractivity contribution in [3.8, 4) is 22.9 Å². The van der Waals surface area contributed by atoms with Crippen LogP contribution in [0.15, 0.2) is 84.9 Å². The highest BCUT2D eigenvalue weighted by atomic mass is 19.1. The molecule has 37 heavy (non-hydrogen) atoms. The first-order valence-corrected chi connectivity index (χ1v) is 12.3. The number of halogens is 2. The van der Waals surface area contributed by atoms with Crippen LogP contribution in [-0.4, -0.2) is 29.8 Å². The Bertz CT molecular complexity index is 1310. The summed E-state index contributed by atoms with van der Waals surface area (Å²) in [7, 11) is 0. The van der Waals surface area contributed by atoms with Crippen LogP contribution in [0.25, 0.3) is 11.1 Å². The molecule has 4 aromatic rings. The molecule has 1 aliphatic heterocycles. The molecule has 0 amide bonds. The topological polar surface area (TPSA) is 54.8 Å². The first kappa shape index (κ1) is 24.7. The van der Waals surface area contributed by atoms with Crippen molar-refractivity contribution in [1.82, 2.24) is 4.98 Å². The number of ether oxygens (including phenoxy) is 2. The first-order chi connectivity index (χ1) is 18.1. The molecule has 0 aliphatic carbocycles. The molecule has 0 saturated carbocycles. The van der Waals surface area contributed by atoms with Gasteiger partial charge >= 0.3 is 0 Å². The summed E-state index contributed by atoms with van der Waals surface area (Å²) in [6.45, 7) is 1.75.